The maximum absolute atomic E-state index is 13.2. The Morgan fingerprint density at radius 2 is 1.78 bits per heavy atom. The van der Waals surface area contributed by atoms with Crippen LogP contribution in [-0.4, -0.2) is 59.2 Å². The first-order chi connectivity index (χ1) is 17.1. The van der Waals surface area contributed by atoms with E-state index in [0.717, 1.165) is 12.1 Å². The number of alkyl halides is 3. The molecule has 1 aromatic heterocycles. The van der Waals surface area contributed by atoms with Gasteiger partial charge in [-0.2, -0.15) is 13.2 Å². The lowest BCUT2D eigenvalue weighted by atomic mass is 9.92. The van der Waals surface area contributed by atoms with Crippen LogP contribution in [0.15, 0.2) is 36.5 Å². The van der Waals surface area contributed by atoms with E-state index in [-0.39, 0.29) is 17.8 Å². The minimum atomic E-state index is -4.82. The molecule has 1 aliphatic carbocycles. The van der Waals surface area contributed by atoms with Gasteiger partial charge in [-0.1, -0.05) is 0 Å². The molecule has 2 aromatic rings. The number of amides is 1. The molecule has 2 fully saturated rings. The number of anilines is 2. The average molecular weight is 508 g/mol. The third kappa shape index (κ3) is 6.07. The first kappa shape index (κ1) is 25.3. The maximum Gasteiger partial charge on any atom is 0.423 e. The molecule has 1 aromatic carbocycles. The normalized spacial score (nSPS) is 20.6. The SMILES string of the molecule is O=C([O-])N1CCN(c2cc(OC3CCC(Nc4ccc([N+](=O)[O-])c(C(F)(F)F)c4)CC3)ccn2)CC1. The Kier molecular flexibility index (Phi) is 7.36. The van der Waals surface area contributed by atoms with Crippen LogP contribution in [0, 0.1) is 10.1 Å². The number of nitro benzene ring substituents is 1. The van der Waals surface area contributed by atoms with E-state index < -0.39 is 28.4 Å². The topological polar surface area (TPSA) is 124 Å². The number of benzene rings is 1. The molecule has 0 bridgehead atoms. The van der Waals surface area contributed by atoms with Crippen LogP contribution in [-0.2, 0) is 6.18 Å². The Labute approximate surface area is 204 Å². The molecule has 13 heteroatoms. The van der Waals surface area contributed by atoms with Gasteiger partial charge in [-0.25, -0.2) is 4.98 Å². The molecule has 1 amide bonds. The predicted octanol–water partition coefficient (Wildman–Crippen LogP) is 3.28. The summed E-state index contributed by atoms with van der Waals surface area (Å²) in [6.07, 6.45) is -1.77. The molecular weight excluding hydrogens is 483 g/mol. The quantitative estimate of drug-likeness (QED) is 0.466. The maximum atomic E-state index is 13.2. The Morgan fingerprint density at radius 1 is 1.08 bits per heavy atom. The van der Waals surface area contributed by atoms with Crippen molar-refractivity contribution < 1.29 is 32.7 Å². The van der Waals surface area contributed by atoms with Gasteiger partial charge in [0.2, 0.25) is 0 Å². The number of carbonyl (C=O) groups is 1. The Bertz CT molecular complexity index is 1100. The lowest BCUT2D eigenvalue weighted by Gasteiger charge is -2.36. The van der Waals surface area contributed by atoms with Crippen LogP contribution >= 0.6 is 0 Å². The molecule has 2 aliphatic rings. The number of carbonyl (C=O) groups excluding carboxylic acids is 1. The second kappa shape index (κ2) is 10.5. The molecule has 0 spiro atoms. The van der Waals surface area contributed by atoms with Gasteiger partial charge in [-0.05, 0) is 43.9 Å². The first-order valence-electron chi connectivity index (χ1n) is 11.6. The Hall–Kier alpha value is -3.77. The average Bonchev–Trinajstić information content (AvgIpc) is 2.85. The van der Waals surface area contributed by atoms with Crippen LogP contribution in [0.5, 0.6) is 5.75 Å². The third-order valence-electron chi connectivity index (χ3n) is 6.43. The molecule has 1 saturated heterocycles. The largest absolute Gasteiger partial charge is 0.530 e. The molecule has 36 heavy (non-hydrogen) atoms. The van der Waals surface area contributed by atoms with E-state index in [1.807, 2.05) is 11.0 Å². The minimum absolute atomic E-state index is 0.0733. The molecule has 194 valence electrons. The highest BCUT2D eigenvalue weighted by Gasteiger charge is 2.38. The van der Waals surface area contributed by atoms with E-state index in [1.54, 1.807) is 12.3 Å². The van der Waals surface area contributed by atoms with Gasteiger partial charge in [0.25, 0.3) is 5.69 Å². The summed E-state index contributed by atoms with van der Waals surface area (Å²) in [7, 11) is 0. The van der Waals surface area contributed by atoms with Gasteiger partial charge >= 0.3 is 6.18 Å². The summed E-state index contributed by atoms with van der Waals surface area (Å²) in [6, 6.07) is 6.43. The monoisotopic (exact) mass is 508 g/mol. The second-order valence-corrected chi connectivity index (χ2v) is 8.81. The summed E-state index contributed by atoms with van der Waals surface area (Å²) >= 11 is 0. The molecule has 4 rings (SSSR count). The van der Waals surface area contributed by atoms with E-state index in [9.17, 15) is 33.2 Å². The van der Waals surface area contributed by atoms with Gasteiger partial charge in [0.05, 0.1) is 11.0 Å². The number of hydrogen-bond donors (Lipinski definition) is 1. The van der Waals surface area contributed by atoms with Gasteiger partial charge in [0.15, 0.2) is 0 Å². The molecule has 2 heterocycles. The Balaban J connectivity index is 1.31. The highest BCUT2D eigenvalue weighted by Crippen LogP contribution is 2.38. The number of piperazine rings is 1. The van der Waals surface area contributed by atoms with Crippen LogP contribution in [0.25, 0.3) is 0 Å². The van der Waals surface area contributed by atoms with Crippen molar-refractivity contribution in [2.24, 2.45) is 0 Å². The predicted molar refractivity (Wildman–Crippen MR) is 122 cm³/mol. The van der Waals surface area contributed by atoms with Gasteiger partial charge in [-0.15, -0.1) is 0 Å². The van der Waals surface area contributed by atoms with Crippen molar-refractivity contribution in [1.82, 2.24) is 9.88 Å². The zero-order valence-corrected chi connectivity index (χ0v) is 19.2. The number of aromatic nitrogens is 1. The summed E-state index contributed by atoms with van der Waals surface area (Å²) in [5.74, 6) is 1.34. The van der Waals surface area contributed by atoms with Crippen molar-refractivity contribution in [3.8, 4) is 5.75 Å². The van der Waals surface area contributed by atoms with Crippen LogP contribution < -0.4 is 20.1 Å². The lowest BCUT2D eigenvalue weighted by molar-refractivity contribution is -0.388. The number of nitro groups is 1. The first-order valence-corrected chi connectivity index (χ1v) is 11.6. The number of pyridine rings is 1. The third-order valence-corrected chi connectivity index (χ3v) is 6.43. The number of rotatable bonds is 6. The molecule has 10 nitrogen and oxygen atoms in total. The smallest absolute Gasteiger partial charge is 0.423 e. The van der Waals surface area contributed by atoms with Crippen molar-refractivity contribution >= 4 is 23.3 Å². The van der Waals surface area contributed by atoms with Crippen LogP contribution in [0.2, 0.25) is 0 Å². The van der Waals surface area contributed by atoms with Crippen molar-refractivity contribution in [1.29, 1.82) is 0 Å². The fourth-order valence-corrected chi connectivity index (χ4v) is 4.53. The highest BCUT2D eigenvalue weighted by atomic mass is 19.4. The number of ether oxygens (including phenoxy) is 1. The van der Waals surface area contributed by atoms with E-state index in [2.05, 4.69) is 10.3 Å². The Morgan fingerprint density at radius 3 is 2.39 bits per heavy atom. The summed E-state index contributed by atoms with van der Waals surface area (Å²) in [5, 5.41) is 25.0. The molecule has 1 N–H and O–H groups in total. The van der Waals surface area contributed by atoms with Crippen molar-refractivity contribution in [2.75, 3.05) is 36.4 Å². The van der Waals surface area contributed by atoms with Gasteiger partial charge in [-0.3, -0.25) is 10.1 Å². The van der Waals surface area contributed by atoms with Gasteiger partial charge in [0.1, 0.15) is 23.2 Å². The van der Waals surface area contributed by atoms with Crippen LogP contribution in [0.4, 0.5) is 35.2 Å². The number of nitrogens with zero attached hydrogens (tertiary/aromatic N) is 4. The van der Waals surface area contributed by atoms with Gasteiger partial charge < -0.3 is 29.8 Å². The van der Waals surface area contributed by atoms with E-state index >= 15 is 0 Å². The standard InChI is InChI=1S/C23H26F3N5O5/c24-23(25,26)19-13-16(3-6-20(19)31(34)35)28-15-1-4-17(5-2-15)36-18-7-8-27-21(14-18)29-9-11-30(12-10-29)22(32)33/h3,6-8,13-15,17,28H,1-2,4-5,9-12H2,(H,32,33)/p-1. The van der Waals surface area contributed by atoms with Gasteiger partial charge in [0, 0.05) is 56.2 Å². The lowest BCUT2D eigenvalue weighted by Crippen LogP contribution is -2.52. The summed E-state index contributed by atoms with van der Waals surface area (Å²) in [5.41, 5.74) is -2.05. The highest BCUT2D eigenvalue weighted by molar-refractivity contribution is 5.63. The van der Waals surface area contributed by atoms with Crippen molar-refractivity contribution in [3.05, 3.63) is 52.2 Å². The molecule has 0 radical (unpaired) electrons. The van der Waals surface area contributed by atoms with E-state index in [4.69, 9.17) is 4.74 Å². The number of hydrogen-bond acceptors (Lipinski definition) is 8. The number of carboxylic acid groups (broad SMARTS) is 1. The van der Waals surface area contributed by atoms with Crippen LogP contribution in [0.1, 0.15) is 31.2 Å². The number of nitrogens with one attached hydrogen (secondary N) is 1. The molecule has 0 unspecified atom stereocenters. The molecule has 1 saturated carbocycles. The number of halogens is 3. The van der Waals surface area contributed by atoms with E-state index in [1.165, 1.54) is 11.0 Å². The zero-order chi connectivity index (χ0) is 25.9. The van der Waals surface area contributed by atoms with Crippen molar-refractivity contribution in [2.45, 2.75) is 44.0 Å². The fraction of sp³-hybridized carbons (Fsp3) is 0.478. The zero-order valence-electron chi connectivity index (χ0n) is 19.2. The summed E-state index contributed by atoms with van der Waals surface area (Å²) in [4.78, 5) is 28.5. The second-order valence-electron chi connectivity index (χ2n) is 8.81. The molecule has 1 aliphatic heterocycles. The minimum Gasteiger partial charge on any atom is -0.530 e. The molecule has 0 atom stereocenters. The fourth-order valence-electron chi connectivity index (χ4n) is 4.53. The molecular formula is C23H25F3N5O5-. The summed E-state index contributed by atoms with van der Waals surface area (Å²) < 4.78 is 45.8. The summed E-state index contributed by atoms with van der Waals surface area (Å²) in [6.45, 7) is 1.68. The van der Waals surface area contributed by atoms with E-state index in [0.29, 0.717) is 63.4 Å². The van der Waals surface area contributed by atoms with Crippen LogP contribution in [0.3, 0.4) is 0 Å². The van der Waals surface area contributed by atoms with Crippen molar-refractivity contribution in [3.63, 3.8) is 0 Å².